The molecule has 2 heterocycles. The molecule has 0 bridgehead atoms. The molecule has 0 aliphatic carbocycles. The van der Waals surface area contributed by atoms with Crippen molar-refractivity contribution in [1.29, 1.82) is 5.26 Å². The number of nitrogens with one attached hydrogen (secondary N) is 1. The molecule has 28 heavy (non-hydrogen) atoms. The Balaban J connectivity index is 1.96. The molecule has 0 spiro atoms. The van der Waals surface area contributed by atoms with E-state index in [9.17, 15) is 10.1 Å². The predicted octanol–water partition coefficient (Wildman–Crippen LogP) is 4.79. The van der Waals surface area contributed by atoms with Crippen LogP contribution in [0, 0.1) is 11.3 Å². The van der Waals surface area contributed by atoms with Crippen LogP contribution in [0.15, 0.2) is 65.5 Å². The van der Waals surface area contributed by atoms with Gasteiger partial charge in [-0.05, 0) is 48.0 Å². The fourth-order valence-electron chi connectivity index (χ4n) is 3.09. The minimum absolute atomic E-state index is 0.00348. The van der Waals surface area contributed by atoms with Crippen LogP contribution >= 0.6 is 11.6 Å². The van der Waals surface area contributed by atoms with Gasteiger partial charge in [-0.15, -0.1) is 0 Å². The van der Waals surface area contributed by atoms with E-state index in [1.807, 2.05) is 48.5 Å². The summed E-state index contributed by atoms with van der Waals surface area (Å²) in [6.45, 7) is 0. The Morgan fingerprint density at radius 2 is 1.82 bits per heavy atom. The molecule has 0 aliphatic rings. The first-order valence-corrected chi connectivity index (χ1v) is 8.86. The minimum Gasteiger partial charge on any atom is -0.497 e. The highest BCUT2D eigenvalue weighted by atomic mass is 35.5. The van der Waals surface area contributed by atoms with Crippen molar-refractivity contribution in [1.82, 2.24) is 9.97 Å². The van der Waals surface area contributed by atoms with Crippen LogP contribution in [0.5, 0.6) is 5.75 Å². The smallest absolute Gasteiger partial charge is 0.266 e. The first-order valence-electron chi connectivity index (χ1n) is 8.48. The quantitative estimate of drug-likeness (QED) is 0.512. The van der Waals surface area contributed by atoms with E-state index in [1.54, 1.807) is 25.3 Å². The van der Waals surface area contributed by atoms with E-state index in [-0.39, 0.29) is 10.7 Å². The average molecular weight is 388 g/mol. The van der Waals surface area contributed by atoms with Crippen LogP contribution in [0.25, 0.3) is 33.3 Å². The largest absolute Gasteiger partial charge is 0.497 e. The summed E-state index contributed by atoms with van der Waals surface area (Å²) in [5, 5.41) is 10.7. The van der Waals surface area contributed by atoms with Gasteiger partial charge in [0.25, 0.3) is 5.56 Å². The summed E-state index contributed by atoms with van der Waals surface area (Å²) >= 11 is 6.41. The molecule has 0 unspecified atom stereocenters. The molecule has 136 valence electrons. The number of hydrogen-bond acceptors (Lipinski definition) is 4. The monoisotopic (exact) mass is 387 g/mol. The average Bonchev–Trinajstić information content (AvgIpc) is 2.72. The highest BCUT2D eigenvalue weighted by Crippen LogP contribution is 2.33. The zero-order valence-electron chi connectivity index (χ0n) is 14.9. The van der Waals surface area contributed by atoms with E-state index < -0.39 is 5.56 Å². The second-order valence-corrected chi connectivity index (χ2v) is 6.52. The third kappa shape index (κ3) is 3.11. The first kappa shape index (κ1) is 17.8. The van der Waals surface area contributed by atoms with E-state index in [2.05, 4.69) is 9.97 Å². The summed E-state index contributed by atoms with van der Waals surface area (Å²) in [6.07, 6.45) is 0. The van der Waals surface area contributed by atoms with Crippen LogP contribution in [-0.4, -0.2) is 17.1 Å². The van der Waals surface area contributed by atoms with Gasteiger partial charge in [-0.25, -0.2) is 4.98 Å². The van der Waals surface area contributed by atoms with Crippen molar-refractivity contribution < 1.29 is 4.74 Å². The lowest BCUT2D eigenvalue weighted by molar-refractivity contribution is 0.415. The zero-order valence-corrected chi connectivity index (χ0v) is 15.6. The highest BCUT2D eigenvalue weighted by Gasteiger charge is 2.16. The Kier molecular flexibility index (Phi) is 4.56. The van der Waals surface area contributed by atoms with Crippen LogP contribution in [0.2, 0.25) is 5.15 Å². The number of fused-ring (bicyclic) bond motifs is 1. The van der Waals surface area contributed by atoms with Crippen molar-refractivity contribution in [3.63, 3.8) is 0 Å². The summed E-state index contributed by atoms with van der Waals surface area (Å²) in [6, 6.07) is 20.4. The fraction of sp³-hybridized carbons (Fsp3) is 0.0455. The number of para-hydroxylation sites is 1. The van der Waals surface area contributed by atoms with Gasteiger partial charge in [-0.1, -0.05) is 29.8 Å². The van der Waals surface area contributed by atoms with Gasteiger partial charge in [0, 0.05) is 22.2 Å². The van der Waals surface area contributed by atoms with Crippen LogP contribution in [0.3, 0.4) is 0 Å². The molecule has 0 saturated carbocycles. The molecule has 5 nitrogen and oxygen atoms in total. The number of halogens is 1. The maximum Gasteiger partial charge on any atom is 0.266 e. The summed E-state index contributed by atoms with van der Waals surface area (Å²) in [4.78, 5) is 19.7. The van der Waals surface area contributed by atoms with Gasteiger partial charge in [0.05, 0.1) is 12.6 Å². The van der Waals surface area contributed by atoms with E-state index in [0.29, 0.717) is 22.6 Å². The third-order valence-electron chi connectivity index (χ3n) is 4.51. The second kappa shape index (κ2) is 7.18. The van der Waals surface area contributed by atoms with E-state index in [1.165, 1.54) is 0 Å². The third-order valence-corrected chi connectivity index (χ3v) is 4.80. The summed E-state index contributed by atoms with van der Waals surface area (Å²) in [5.74, 6) is 0.710. The molecule has 0 radical (unpaired) electrons. The van der Waals surface area contributed by atoms with Crippen LogP contribution in [-0.2, 0) is 0 Å². The van der Waals surface area contributed by atoms with Gasteiger partial charge in [-0.2, -0.15) is 5.26 Å². The number of benzene rings is 2. The van der Waals surface area contributed by atoms with Gasteiger partial charge < -0.3 is 9.72 Å². The molecular formula is C22H14ClN3O2. The Bertz CT molecular complexity index is 1290. The molecule has 1 N–H and O–H groups in total. The van der Waals surface area contributed by atoms with Crippen molar-refractivity contribution >= 4 is 22.5 Å². The molecule has 0 atom stereocenters. The second-order valence-electron chi connectivity index (χ2n) is 6.16. The first-order chi connectivity index (χ1) is 13.6. The maximum absolute atomic E-state index is 12.6. The number of nitriles is 1. The lowest BCUT2D eigenvalue weighted by Gasteiger charge is -2.11. The fourth-order valence-corrected chi connectivity index (χ4v) is 3.34. The molecule has 0 fully saturated rings. The Hall–Kier alpha value is -3.62. The van der Waals surface area contributed by atoms with Crippen LogP contribution in [0.1, 0.15) is 5.56 Å². The summed E-state index contributed by atoms with van der Waals surface area (Å²) in [7, 11) is 1.59. The lowest BCUT2D eigenvalue weighted by Crippen LogP contribution is -2.13. The van der Waals surface area contributed by atoms with E-state index in [0.717, 1.165) is 16.5 Å². The number of ether oxygens (including phenoxy) is 1. The van der Waals surface area contributed by atoms with Crippen LogP contribution < -0.4 is 10.3 Å². The molecule has 6 heteroatoms. The molecule has 0 amide bonds. The van der Waals surface area contributed by atoms with Gasteiger partial charge in [0.1, 0.15) is 22.5 Å². The number of methoxy groups -OCH3 is 1. The van der Waals surface area contributed by atoms with Crippen molar-refractivity contribution in [3.8, 4) is 34.2 Å². The molecular weight excluding hydrogens is 374 g/mol. The summed E-state index contributed by atoms with van der Waals surface area (Å²) in [5.41, 5.74) is 2.61. The molecule has 0 aliphatic heterocycles. The molecule has 2 aromatic heterocycles. The zero-order chi connectivity index (χ0) is 19.7. The van der Waals surface area contributed by atoms with Gasteiger partial charge in [0.15, 0.2) is 0 Å². The van der Waals surface area contributed by atoms with E-state index >= 15 is 0 Å². The Labute approximate surface area is 165 Å². The number of aromatic amines is 1. The van der Waals surface area contributed by atoms with Crippen molar-refractivity contribution in [2.75, 3.05) is 7.11 Å². The lowest BCUT2D eigenvalue weighted by atomic mass is 9.99. The highest BCUT2D eigenvalue weighted by molar-refractivity contribution is 6.32. The normalized spacial score (nSPS) is 10.6. The predicted molar refractivity (Wildman–Crippen MR) is 110 cm³/mol. The van der Waals surface area contributed by atoms with Crippen LogP contribution in [0.4, 0.5) is 0 Å². The standard InChI is InChI=1S/C22H14ClN3O2/c1-28-15-8-6-13(7-9-15)20-11-16(18(12-24)22(27)26-20)17-10-14-4-2-3-5-19(14)25-21(17)23/h2-11H,1H3,(H,26,27). The topological polar surface area (TPSA) is 78.8 Å². The van der Waals surface area contributed by atoms with Gasteiger partial charge in [0.2, 0.25) is 0 Å². The van der Waals surface area contributed by atoms with Crippen molar-refractivity contribution in [3.05, 3.63) is 81.7 Å². The van der Waals surface area contributed by atoms with Gasteiger partial charge >= 0.3 is 0 Å². The molecule has 0 saturated heterocycles. The number of pyridine rings is 2. The summed E-state index contributed by atoms with van der Waals surface area (Å²) < 4.78 is 5.17. The Morgan fingerprint density at radius 3 is 2.54 bits per heavy atom. The number of hydrogen-bond donors (Lipinski definition) is 1. The van der Waals surface area contributed by atoms with E-state index in [4.69, 9.17) is 16.3 Å². The number of H-pyrrole nitrogens is 1. The molecule has 4 aromatic rings. The minimum atomic E-state index is -0.477. The molecule has 4 rings (SSSR count). The number of rotatable bonds is 3. The maximum atomic E-state index is 12.6. The number of nitrogens with zero attached hydrogens (tertiary/aromatic N) is 2. The van der Waals surface area contributed by atoms with Crippen molar-refractivity contribution in [2.45, 2.75) is 0 Å². The number of aromatic nitrogens is 2. The Morgan fingerprint density at radius 1 is 1.07 bits per heavy atom. The van der Waals surface area contributed by atoms with Gasteiger partial charge in [-0.3, -0.25) is 4.79 Å². The SMILES string of the molecule is COc1ccc(-c2cc(-c3cc4ccccc4nc3Cl)c(C#N)c(=O)[nH]2)cc1. The van der Waals surface area contributed by atoms with Crippen molar-refractivity contribution in [2.24, 2.45) is 0 Å². The molecule has 2 aromatic carbocycles.